The zero-order valence-corrected chi connectivity index (χ0v) is 17.4. The van der Waals surface area contributed by atoms with Crippen molar-refractivity contribution in [2.45, 2.75) is 26.9 Å². The summed E-state index contributed by atoms with van der Waals surface area (Å²) in [5, 5.41) is 2.66. The van der Waals surface area contributed by atoms with Crippen LogP contribution in [0.5, 0.6) is 11.5 Å². The van der Waals surface area contributed by atoms with Crippen molar-refractivity contribution in [1.82, 2.24) is 10.2 Å². The zero-order valence-electron chi connectivity index (χ0n) is 14.4. The molecule has 0 radical (unpaired) electrons. The molecule has 0 unspecified atom stereocenters. The monoisotopic (exact) mass is 474 g/mol. The van der Waals surface area contributed by atoms with Crippen molar-refractivity contribution in [1.29, 1.82) is 0 Å². The Labute approximate surface area is 165 Å². The molecule has 0 bridgehead atoms. The molecule has 0 saturated carbocycles. The maximum atomic E-state index is 12.5. The Morgan fingerprint density at radius 1 is 1.36 bits per heavy atom. The zero-order chi connectivity index (χ0) is 18.7. The fourth-order valence-corrected chi connectivity index (χ4v) is 3.38. The predicted molar refractivity (Wildman–Crippen MR) is 108 cm³/mol. The number of hydrogen-bond donors (Lipinski definition) is 1. The van der Waals surface area contributed by atoms with Gasteiger partial charge in [0.2, 0.25) is 0 Å². The average Bonchev–Trinajstić information content (AvgIpc) is 2.53. The molecular formula is C17H19IN2O4S. The number of likely N-dealkylation sites (N-methyl/N-ethyl adjacent to an activating group) is 1. The first-order valence-electron chi connectivity index (χ1n) is 7.71. The average molecular weight is 474 g/mol. The SMILES string of the molecule is CCN1C(=O)/C(=C/c2cc(I)c(OC(C)C)c(OC)c2)C(=O)NC1=S. The second-order valence-corrected chi connectivity index (χ2v) is 7.12. The van der Waals surface area contributed by atoms with Gasteiger partial charge in [-0.05, 0) is 79.4 Å². The van der Waals surface area contributed by atoms with E-state index in [-0.39, 0.29) is 16.8 Å². The standard InChI is InChI=1S/C17H19IN2O4S/c1-5-20-16(22)11(15(21)19-17(20)25)6-10-7-12(18)14(24-9(2)3)13(8-10)23-4/h6-9H,5H2,1-4H3,(H,19,21,25)/b11-6+. The normalized spacial score (nSPS) is 16.5. The van der Waals surface area contributed by atoms with Crippen molar-refractivity contribution >= 4 is 57.8 Å². The summed E-state index contributed by atoms with van der Waals surface area (Å²) in [6, 6.07) is 3.56. The van der Waals surface area contributed by atoms with Crippen molar-refractivity contribution < 1.29 is 19.1 Å². The maximum Gasteiger partial charge on any atom is 0.265 e. The van der Waals surface area contributed by atoms with Crippen LogP contribution in [0.4, 0.5) is 0 Å². The number of amides is 2. The summed E-state index contributed by atoms with van der Waals surface area (Å²) in [4.78, 5) is 26.0. The van der Waals surface area contributed by atoms with Gasteiger partial charge >= 0.3 is 0 Å². The van der Waals surface area contributed by atoms with E-state index in [4.69, 9.17) is 21.7 Å². The first-order valence-corrected chi connectivity index (χ1v) is 9.20. The highest BCUT2D eigenvalue weighted by molar-refractivity contribution is 14.1. The van der Waals surface area contributed by atoms with Crippen LogP contribution >= 0.6 is 34.8 Å². The number of halogens is 1. The number of benzene rings is 1. The third-order valence-electron chi connectivity index (χ3n) is 3.42. The van der Waals surface area contributed by atoms with Crippen LogP contribution in [-0.2, 0) is 9.59 Å². The molecule has 2 amide bonds. The first-order chi connectivity index (χ1) is 11.8. The summed E-state index contributed by atoms with van der Waals surface area (Å²) < 4.78 is 12.0. The van der Waals surface area contributed by atoms with Crippen molar-refractivity contribution in [3.8, 4) is 11.5 Å². The fraction of sp³-hybridized carbons (Fsp3) is 0.353. The number of methoxy groups -OCH3 is 1. The minimum atomic E-state index is -0.504. The van der Waals surface area contributed by atoms with Gasteiger partial charge in [-0.3, -0.25) is 19.8 Å². The molecule has 25 heavy (non-hydrogen) atoms. The fourth-order valence-electron chi connectivity index (χ4n) is 2.32. The van der Waals surface area contributed by atoms with Crippen molar-refractivity contribution in [2.75, 3.05) is 13.7 Å². The lowest BCUT2D eigenvalue weighted by Crippen LogP contribution is -2.53. The van der Waals surface area contributed by atoms with E-state index in [0.717, 1.165) is 3.57 Å². The molecule has 1 saturated heterocycles. The molecular weight excluding hydrogens is 455 g/mol. The van der Waals surface area contributed by atoms with Crippen LogP contribution in [0, 0.1) is 3.57 Å². The smallest absolute Gasteiger partial charge is 0.265 e. The van der Waals surface area contributed by atoms with E-state index in [2.05, 4.69) is 27.9 Å². The van der Waals surface area contributed by atoms with Crippen LogP contribution in [0.1, 0.15) is 26.3 Å². The Morgan fingerprint density at radius 3 is 2.60 bits per heavy atom. The van der Waals surface area contributed by atoms with Crippen molar-refractivity contribution in [3.05, 3.63) is 26.8 Å². The van der Waals surface area contributed by atoms with E-state index in [1.807, 2.05) is 19.9 Å². The summed E-state index contributed by atoms with van der Waals surface area (Å²) in [5.41, 5.74) is 0.700. The number of nitrogens with zero attached hydrogens (tertiary/aromatic N) is 1. The van der Waals surface area contributed by atoms with Gasteiger partial charge in [-0.1, -0.05) is 0 Å². The van der Waals surface area contributed by atoms with E-state index >= 15 is 0 Å². The molecule has 0 atom stereocenters. The Hall–Kier alpha value is -1.68. The molecule has 0 aromatic heterocycles. The minimum Gasteiger partial charge on any atom is -0.493 e. The lowest BCUT2D eigenvalue weighted by Gasteiger charge is -2.27. The van der Waals surface area contributed by atoms with Crippen LogP contribution in [-0.4, -0.2) is 41.6 Å². The summed E-state index contributed by atoms with van der Waals surface area (Å²) in [6.45, 7) is 6.04. The minimum absolute atomic E-state index is 0.00329. The third kappa shape index (κ3) is 4.30. The predicted octanol–water partition coefficient (Wildman–Crippen LogP) is 2.73. The topological polar surface area (TPSA) is 67.9 Å². The first kappa shape index (κ1) is 19.6. The molecule has 1 fully saturated rings. The van der Waals surface area contributed by atoms with E-state index < -0.39 is 11.8 Å². The Bertz CT molecular complexity index is 761. The summed E-state index contributed by atoms with van der Waals surface area (Å²) in [7, 11) is 1.55. The number of hydrogen-bond acceptors (Lipinski definition) is 5. The van der Waals surface area contributed by atoms with Gasteiger partial charge in [-0.15, -0.1) is 0 Å². The summed E-state index contributed by atoms with van der Waals surface area (Å²) in [5.74, 6) is 0.263. The van der Waals surface area contributed by atoms with Gasteiger partial charge in [0.25, 0.3) is 11.8 Å². The van der Waals surface area contributed by atoms with Crippen molar-refractivity contribution in [2.24, 2.45) is 0 Å². The number of ether oxygens (including phenoxy) is 2. The van der Waals surface area contributed by atoms with Gasteiger partial charge in [0.05, 0.1) is 16.8 Å². The van der Waals surface area contributed by atoms with E-state index in [1.165, 1.54) is 11.0 Å². The molecule has 1 aliphatic heterocycles. The largest absolute Gasteiger partial charge is 0.493 e. The Balaban J connectivity index is 2.46. The molecule has 1 N–H and O–H groups in total. The lowest BCUT2D eigenvalue weighted by atomic mass is 10.1. The molecule has 1 aliphatic rings. The van der Waals surface area contributed by atoms with Gasteiger partial charge in [0.15, 0.2) is 16.6 Å². The van der Waals surface area contributed by atoms with Gasteiger partial charge in [-0.2, -0.15) is 0 Å². The second-order valence-electron chi connectivity index (χ2n) is 5.57. The number of thiocarbonyl (C=S) groups is 1. The van der Waals surface area contributed by atoms with Gasteiger partial charge < -0.3 is 9.47 Å². The maximum absolute atomic E-state index is 12.5. The number of rotatable bonds is 5. The Kier molecular flexibility index (Phi) is 6.39. The van der Waals surface area contributed by atoms with E-state index in [0.29, 0.717) is 23.6 Å². The molecule has 0 spiro atoms. The van der Waals surface area contributed by atoms with Gasteiger partial charge in [0, 0.05) is 6.54 Å². The lowest BCUT2D eigenvalue weighted by molar-refractivity contribution is -0.128. The van der Waals surface area contributed by atoms with Gasteiger partial charge in [-0.25, -0.2) is 0 Å². The van der Waals surface area contributed by atoms with Crippen LogP contribution in [0.3, 0.4) is 0 Å². The molecule has 8 heteroatoms. The van der Waals surface area contributed by atoms with Crippen LogP contribution in [0.25, 0.3) is 6.08 Å². The highest BCUT2D eigenvalue weighted by atomic mass is 127. The quantitative estimate of drug-likeness (QED) is 0.308. The molecule has 134 valence electrons. The molecule has 1 heterocycles. The number of carbonyl (C=O) groups excluding carboxylic acids is 2. The second kappa shape index (κ2) is 8.13. The van der Waals surface area contributed by atoms with Crippen LogP contribution in [0.2, 0.25) is 0 Å². The molecule has 6 nitrogen and oxygen atoms in total. The molecule has 1 aromatic rings. The van der Waals surface area contributed by atoms with Crippen LogP contribution < -0.4 is 14.8 Å². The van der Waals surface area contributed by atoms with E-state index in [1.54, 1.807) is 20.1 Å². The Morgan fingerprint density at radius 2 is 2.04 bits per heavy atom. The third-order valence-corrected chi connectivity index (χ3v) is 4.54. The van der Waals surface area contributed by atoms with Gasteiger partial charge in [0.1, 0.15) is 5.57 Å². The summed E-state index contributed by atoms with van der Waals surface area (Å²) in [6.07, 6.45) is 1.53. The molecule has 0 aliphatic carbocycles. The molecule has 2 rings (SSSR count). The van der Waals surface area contributed by atoms with Crippen LogP contribution in [0.15, 0.2) is 17.7 Å². The van der Waals surface area contributed by atoms with Crippen molar-refractivity contribution in [3.63, 3.8) is 0 Å². The number of nitrogens with one attached hydrogen (secondary N) is 1. The highest BCUT2D eigenvalue weighted by Gasteiger charge is 2.32. The molecule has 1 aromatic carbocycles. The highest BCUT2D eigenvalue weighted by Crippen LogP contribution is 2.35. The van der Waals surface area contributed by atoms with E-state index in [9.17, 15) is 9.59 Å². The number of carbonyl (C=O) groups is 2. The summed E-state index contributed by atoms with van der Waals surface area (Å²) >= 11 is 7.16.